The number of nitrogens with one attached hydrogen (secondary N) is 3. The second-order valence-electron chi connectivity index (χ2n) is 9.97. The summed E-state index contributed by atoms with van der Waals surface area (Å²) in [5.74, 6) is 0.474. The van der Waals surface area contributed by atoms with Crippen molar-refractivity contribution in [2.24, 2.45) is 0 Å². The Morgan fingerprint density at radius 1 is 0.442 bits per heavy atom. The van der Waals surface area contributed by atoms with E-state index in [1.807, 2.05) is 91.0 Å². The van der Waals surface area contributed by atoms with E-state index in [-0.39, 0.29) is 37.0 Å². The number of hydrogen-bond donors (Lipinski definition) is 3. The Labute approximate surface area is 250 Å². The van der Waals surface area contributed by atoms with Crippen molar-refractivity contribution in [2.75, 3.05) is 16.0 Å². The molecular formula is C36H31N3O4. The Hall–Kier alpha value is -5.69. The predicted molar refractivity (Wildman–Crippen MR) is 169 cm³/mol. The van der Waals surface area contributed by atoms with Gasteiger partial charge in [-0.25, -0.2) is 0 Å². The lowest BCUT2D eigenvalue weighted by Crippen LogP contribution is -2.19. The van der Waals surface area contributed by atoms with Crippen LogP contribution in [0.15, 0.2) is 133 Å². The van der Waals surface area contributed by atoms with Crippen molar-refractivity contribution in [1.29, 1.82) is 0 Å². The maximum Gasteiger partial charge on any atom is 0.228 e. The van der Waals surface area contributed by atoms with Gasteiger partial charge in [0.1, 0.15) is 11.5 Å². The molecule has 5 aromatic carbocycles. The van der Waals surface area contributed by atoms with Crippen LogP contribution in [0, 0.1) is 0 Å². The van der Waals surface area contributed by atoms with E-state index in [2.05, 4.69) is 16.0 Å². The molecule has 0 aliphatic carbocycles. The quantitative estimate of drug-likeness (QED) is 0.159. The highest BCUT2D eigenvalue weighted by molar-refractivity contribution is 6.01. The fraction of sp³-hybridized carbons (Fsp3) is 0.0833. The van der Waals surface area contributed by atoms with E-state index in [4.69, 9.17) is 4.74 Å². The van der Waals surface area contributed by atoms with Crippen LogP contribution in [0.4, 0.5) is 17.1 Å². The summed E-state index contributed by atoms with van der Waals surface area (Å²) in [5.41, 5.74) is 4.23. The van der Waals surface area contributed by atoms with E-state index in [0.717, 1.165) is 16.7 Å². The molecular weight excluding hydrogens is 538 g/mol. The van der Waals surface area contributed by atoms with Crippen molar-refractivity contribution < 1.29 is 19.1 Å². The molecule has 0 heterocycles. The van der Waals surface area contributed by atoms with E-state index in [1.165, 1.54) is 0 Å². The highest BCUT2D eigenvalue weighted by Gasteiger charge is 2.13. The molecule has 3 N–H and O–H groups in total. The van der Waals surface area contributed by atoms with E-state index >= 15 is 0 Å². The summed E-state index contributed by atoms with van der Waals surface area (Å²) >= 11 is 0. The second-order valence-corrected chi connectivity index (χ2v) is 9.97. The molecule has 0 saturated carbocycles. The minimum atomic E-state index is -0.225. The molecule has 7 nitrogen and oxygen atoms in total. The van der Waals surface area contributed by atoms with Crippen molar-refractivity contribution in [3.05, 3.63) is 150 Å². The van der Waals surface area contributed by atoms with Gasteiger partial charge in [-0.3, -0.25) is 14.4 Å². The minimum absolute atomic E-state index is 0.111. The van der Waals surface area contributed by atoms with Crippen LogP contribution in [0.2, 0.25) is 0 Å². The SMILES string of the molecule is O=C(Cc1ccccc1)Nc1ccc(Oc2ccc(NC(=O)Cc3ccccc3)c(NC(=O)Cc3ccccc3)c2)cc1. The molecule has 5 rings (SSSR count). The average Bonchev–Trinajstić information content (AvgIpc) is 3.01. The maximum absolute atomic E-state index is 12.9. The molecule has 0 radical (unpaired) electrons. The molecule has 0 bridgehead atoms. The molecule has 0 unspecified atom stereocenters. The van der Waals surface area contributed by atoms with Gasteiger partial charge in [0, 0.05) is 11.8 Å². The number of benzene rings is 5. The molecule has 5 aromatic rings. The van der Waals surface area contributed by atoms with Crippen LogP contribution in [0.1, 0.15) is 16.7 Å². The summed E-state index contributed by atoms with van der Waals surface area (Å²) in [4.78, 5) is 38.1. The minimum Gasteiger partial charge on any atom is -0.457 e. The number of amides is 3. The highest BCUT2D eigenvalue weighted by Crippen LogP contribution is 2.31. The normalized spacial score (nSPS) is 10.4. The Morgan fingerprint density at radius 2 is 0.860 bits per heavy atom. The third-order valence-electron chi connectivity index (χ3n) is 6.54. The average molecular weight is 570 g/mol. The van der Waals surface area contributed by atoms with E-state index < -0.39 is 0 Å². The number of rotatable bonds is 11. The zero-order valence-corrected chi connectivity index (χ0v) is 23.5. The first-order valence-electron chi connectivity index (χ1n) is 13.9. The van der Waals surface area contributed by atoms with Crippen LogP contribution in [0.3, 0.4) is 0 Å². The fourth-order valence-electron chi connectivity index (χ4n) is 4.48. The molecule has 0 atom stereocenters. The number of carbonyl (C=O) groups is 3. The van der Waals surface area contributed by atoms with Crippen LogP contribution < -0.4 is 20.7 Å². The monoisotopic (exact) mass is 569 g/mol. The number of anilines is 3. The first-order chi connectivity index (χ1) is 21.0. The molecule has 0 fully saturated rings. The largest absolute Gasteiger partial charge is 0.457 e. The number of ether oxygens (including phenoxy) is 1. The zero-order chi connectivity index (χ0) is 29.9. The summed E-state index contributed by atoms with van der Waals surface area (Å²) in [6.07, 6.45) is 0.664. The predicted octanol–water partition coefficient (Wildman–Crippen LogP) is 7.02. The third kappa shape index (κ3) is 8.90. The van der Waals surface area contributed by atoms with Crippen LogP contribution >= 0.6 is 0 Å². The first kappa shape index (κ1) is 28.8. The molecule has 0 aliphatic rings. The van der Waals surface area contributed by atoms with Gasteiger partial charge in [-0.05, 0) is 53.1 Å². The fourth-order valence-corrected chi connectivity index (χ4v) is 4.48. The third-order valence-corrected chi connectivity index (χ3v) is 6.54. The summed E-state index contributed by atoms with van der Waals surface area (Å²) < 4.78 is 6.05. The van der Waals surface area contributed by atoms with Crippen molar-refractivity contribution in [1.82, 2.24) is 0 Å². The van der Waals surface area contributed by atoms with Crippen LogP contribution in [0.25, 0.3) is 0 Å². The lowest BCUT2D eigenvalue weighted by molar-refractivity contribution is -0.116. The smallest absolute Gasteiger partial charge is 0.228 e. The topological polar surface area (TPSA) is 96.5 Å². The standard InChI is InChI=1S/C36H31N3O4/c40-34(22-26-10-4-1-5-11-26)37-29-16-18-30(19-17-29)43-31-20-21-32(38-35(41)23-27-12-6-2-7-13-27)33(25-31)39-36(42)24-28-14-8-3-9-15-28/h1-21,25H,22-24H2,(H,37,40)(H,38,41)(H,39,42). The Morgan fingerprint density at radius 3 is 1.35 bits per heavy atom. The number of hydrogen-bond acceptors (Lipinski definition) is 4. The second kappa shape index (κ2) is 14.3. The van der Waals surface area contributed by atoms with Crippen LogP contribution in [-0.4, -0.2) is 17.7 Å². The van der Waals surface area contributed by atoms with Gasteiger partial charge >= 0.3 is 0 Å². The maximum atomic E-state index is 12.9. The Kier molecular flexibility index (Phi) is 9.57. The van der Waals surface area contributed by atoms with Gasteiger partial charge in [-0.1, -0.05) is 91.0 Å². The van der Waals surface area contributed by atoms with Gasteiger partial charge in [0.25, 0.3) is 0 Å². The van der Waals surface area contributed by atoms with Gasteiger partial charge in [-0.2, -0.15) is 0 Å². The van der Waals surface area contributed by atoms with Gasteiger partial charge in [0.05, 0.1) is 30.6 Å². The lowest BCUT2D eigenvalue weighted by Gasteiger charge is -2.15. The zero-order valence-electron chi connectivity index (χ0n) is 23.5. The van der Waals surface area contributed by atoms with Gasteiger partial charge in [-0.15, -0.1) is 0 Å². The van der Waals surface area contributed by atoms with E-state index in [9.17, 15) is 14.4 Å². The first-order valence-corrected chi connectivity index (χ1v) is 13.9. The summed E-state index contributed by atoms with van der Waals surface area (Å²) in [6.45, 7) is 0. The highest BCUT2D eigenvalue weighted by atomic mass is 16.5. The molecule has 7 heteroatoms. The summed E-state index contributed by atoms with van der Waals surface area (Å²) in [5, 5.41) is 8.73. The lowest BCUT2D eigenvalue weighted by atomic mass is 10.1. The van der Waals surface area contributed by atoms with Gasteiger partial charge in [0.15, 0.2) is 0 Å². The molecule has 214 valence electrons. The van der Waals surface area contributed by atoms with Crippen molar-refractivity contribution in [2.45, 2.75) is 19.3 Å². The van der Waals surface area contributed by atoms with E-state index in [1.54, 1.807) is 42.5 Å². The van der Waals surface area contributed by atoms with Gasteiger partial charge in [0.2, 0.25) is 17.7 Å². The van der Waals surface area contributed by atoms with Crippen LogP contribution in [0.5, 0.6) is 11.5 Å². The Bertz CT molecular complexity index is 1670. The van der Waals surface area contributed by atoms with Gasteiger partial charge < -0.3 is 20.7 Å². The molecule has 3 amide bonds. The molecule has 0 saturated heterocycles. The number of carbonyl (C=O) groups excluding carboxylic acids is 3. The molecule has 43 heavy (non-hydrogen) atoms. The van der Waals surface area contributed by atoms with E-state index in [0.29, 0.717) is 28.6 Å². The van der Waals surface area contributed by atoms with Crippen molar-refractivity contribution >= 4 is 34.8 Å². The Balaban J connectivity index is 1.27. The molecule has 0 aromatic heterocycles. The van der Waals surface area contributed by atoms with Crippen molar-refractivity contribution in [3.63, 3.8) is 0 Å². The molecule has 0 spiro atoms. The van der Waals surface area contributed by atoms with Crippen LogP contribution in [-0.2, 0) is 33.6 Å². The molecule has 0 aliphatic heterocycles. The summed E-state index contributed by atoms with van der Waals surface area (Å²) in [6, 6.07) is 40.5. The van der Waals surface area contributed by atoms with Crippen molar-refractivity contribution in [3.8, 4) is 11.5 Å². The summed E-state index contributed by atoms with van der Waals surface area (Å²) in [7, 11) is 0.